The molecule has 0 saturated carbocycles. The normalized spacial score (nSPS) is 20.9. The predicted molar refractivity (Wildman–Crippen MR) is 84.0 cm³/mol. The van der Waals surface area contributed by atoms with Crippen molar-refractivity contribution in [1.29, 1.82) is 0 Å². The first-order chi connectivity index (χ1) is 9.20. The van der Waals surface area contributed by atoms with Gasteiger partial charge in [-0.2, -0.15) is 0 Å². The van der Waals surface area contributed by atoms with E-state index in [4.69, 9.17) is 0 Å². The fraction of sp³-hybridized carbons (Fsp3) is 0.263. The summed E-state index contributed by atoms with van der Waals surface area (Å²) >= 11 is 0. The van der Waals surface area contributed by atoms with Crippen molar-refractivity contribution >= 4 is 11.6 Å². The highest BCUT2D eigenvalue weighted by atomic mass is 14.3. The maximum atomic E-state index is 2.32. The number of aryl methyl sites for hydroxylation is 1. The van der Waals surface area contributed by atoms with Crippen LogP contribution in [0.5, 0.6) is 0 Å². The molecule has 2 aliphatic carbocycles. The zero-order valence-electron chi connectivity index (χ0n) is 11.9. The van der Waals surface area contributed by atoms with Crippen LogP contribution >= 0.6 is 0 Å². The number of fused-ring (bicyclic) bond motifs is 2. The molecule has 1 unspecified atom stereocenters. The molecule has 0 heteroatoms. The highest BCUT2D eigenvalue weighted by molar-refractivity contribution is 5.90. The molecule has 1 aromatic rings. The molecule has 1 atom stereocenters. The molecular weight excluding hydrogens is 228 g/mol. The lowest BCUT2D eigenvalue weighted by molar-refractivity contribution is 0.940. The van der Waals surface area contributed by atoms with E-state index >= 15 is 0 Å². The Labute approximate surface area is 115 Å². The SMILES string of the molecule is C/C=C\c1c(C)ccc2c1C1=C(C=CC(C)C=C1)C2. The van der Waals surface area contributed by atoms with Crippen molar-refractivity contribution in [2.75, 3.05) is 0 Å². The van der Waals surface area contributed by atoms with E-state index in [0.29, 0.717) is 5.92 Å². The van der Waals surface area contributed by atoms with Crippen LogP contribution in [0.4, 0.5) is 0 Å². The Hall–Kier alpha value is -1.82. The van der Waals surface area contributed by atoms with Gasteiger partial charge in [0.05, 0.1) is 0 Å². The van der Waals surface area contributed by atoms with Crippen molar-refractivity contribution in [3.63, 3.8) is 0 Å². The molecule has 96 valence electrons. The fourth-order valence-corrected chi connectivity index (χ4v) is 3.00. The molecule has 0 fully saturated rings. The minimum atomic E-state index is 0.532. The highest BCUT2D eigenvalue weighted by Crippen LogP contribution is 2.39. The molecular formula is C19H20. The zero-order chi connectivity index (χ0) is 13.4. The second-order valence-electron chi connectivity index (χ2n) is 5.52. The Kier molecular flexibility index (Phi) is 3.02. The standard InChI is InChI=1S/C19H20/c1-4-5-17-14(3)8-10-16-12-15-9-6-13(2)7-11-18(15)19(16)17/h4-11,13H,12H2,1-3H3/b5-4-. The summed E-state index contributed by atoms with van der Waals surface area (Å²) in [7, 11) is 0. The average molecular weight is 248 g/mol. The topological polar surface area (TPSA) is 0 Å². The van der Waals surface area contributed by atoms with Gasteiger partial charge in [-0.05, 0) is 59.6 Å². The molecule has 0 saturated heterocycles. The van der Waals surface area contributed by atoms with E-state index in [2.05, 4.69) is 69.4 Å². The fourth-order valence-electron chi connectivity index (χ4n) is 3.00. The summed E-state index contributed by atoms with van der Waals surface area (Å²) < 4.78 is 0. The average Bonchev–Trinajstić information content (AvgIpc) is 2.65. The van der Waals surface area contributed by atoms with Crippen molar-refractivity contribution in [3.05, 3.63) is 70.3 Å². The molecule has 0 spiro atoms. The van der Waals surface area contributed by atoms with E-state index in [1.165, 1.54) is 33.4 Å². The molecule has 0 N–H and O–H groups in total. The van der Waals surface area contributed by atoms with Gasteiger partial charge in [0.15, 0.2) is 0 Å². The van der Waals surface area contributed by atoms with Gasteiger partial charge < -0.3 is 0 Å². The van der Waals surface area contributed by atoms with Crippen LogP contribution in [-0.2, 0) is 6.42 Å². The maximum Gasteiger partial charge on any atom is -0.00133 e. The Bertz CT molecular complexity index is 636. The first-order valence-electron chi connectivity index (χ1n) is 7.06. The smallest absolute Gasteiger partial charge is 0.00133 e. The number of benzene rings is 1. The van der Waals surface area contributed by atoms with Gasteiger partial charge in [-0.1, -0.05) is 55.5 Å². The molecule has 2 aliphatic rings. The Morgan fingerprint density at radius 3 is 2.74 bits per heavy atom. The van der Waals surface area contributed by atoms with Crippen molar-refractivity contribution in [2.45, 2.75) is 27.2 Å². The molecule has 0 amide bonds. The molecule has 3 rings (SSSR count). The molecule has 0 nitrogen and oxygen atoms in total. The summed E-state index contributed by atoms with van der Waals surface area (Å²) in [5, 5.41) is 0. The minimum Gasteiger partial charge on any atom is -0.0870 e. The Morgan fingerprint density at radius 2 is 1.95 bits per heavy atom. The van der Waals surface area contributed by atoms with Crippen LogP contribution in [0.1, 0.15) is 36.1 Å². The van der Waals surface area contributed by atoms with Crippen LogP contribution < -0.4 is 0 Å². The molecule has 0 radical (unpaired) electrons. The van der Waals surface area contributed by atoms with Gasteiger partial charge in [0.2, 0.25) is 0 Å². The van der Waals surface area contributed by atoms with Crippen molar-refractivity contribution in [3.8, 4) is 0 Å². The van der Waals surface area contributed by atoms with E-state index < -0.39 is 0 Å². The second-order valence-corrected chi connectivity index (χ2v) is 5.52. The first-order valence-corrected chi connectivity index (χ1v) is 7.06. The van der Waals surface area contributed by atoms with E-state index in [9.17, 15) is 0 Å². The number of rotatable bonds is 1. The largest absolute Gasteiger partial charge is 0.0870 e. The van der Waals surface area contributed by atoms with Crippen LogP contribution in [-0.4, -0.2) is 0 Å². The van der Waals surface area contributed by atoms with Crippen LogP contribution in [0.3, 0.4) is 0 Å². The molecule has 0 aliphatic heterocycles. The zero-order valence-corrected chi connectivity index (χ0v) is 11.9. The van der Waals surface area contributed by atoms with Crippen LogP contribution in [0.2, 0.25) is 0 Å². The molecule has 1 aromatic carbocycles. The summed E-state index contributed by atoms with van der Waals surface area (Å²) in [5.41, 5.74) is 8.55. The lowest BCUT2D eigenvalue weighted by atomic mass is 9.94. The molecule has 0 bridgehead atoms. The summed E-state index contributed by atoms with van der Waals surface area (Å²) in [6.07, 6.45) is 14.7. The quantitative estimate of drug-likeness (QED) is 0.648. The van der Waals surface area contributed by atoms with Crippen LogP contribution in [0, 0.1) is 12.8 Å². The van der Waals surface area contributed by atoms with Gasteiger partial charge in [-0.25, -0.2) is 0 Å². The monoisotopic (exact) mass is 248 g/mol. The number of hydrogen-bond acceptors (Lipinski definition) is 0. The molecule has 0 aromatic heterocycles. The Morgan fingerprint density at radius 1 is 1.16 bits per heavy atom. The lowest BCUT2D eigenvalue weighted by Gasteiger charge is -2.10. The van der Waals surface area contributed by atoms with Gasteiger partial charge in [0, 0.05) is 0 Å². The van der Waals surface area contributed by atoms with Gasteiger partial charge in [0.25, 0.3) is 0 Å². The van der Waals surface area contributed by atoms with E-state index in [-0.39, 0.29) is 0 Å². The van der Waals surface area contributed by atoms with Crippen LogP contribution in [0.15, 0.2) is 48.1 Å². The summed E-state index contributed by atoms with van der Waals surface area (Å²) in [6, 6.07) is 4.54. The van der Waals surface area contributed by atoms with Gasteiger partial charge in [0.1, 0.15) is 0 Å². The first kappa shape index (κ1) is 12.2. The number of allylic oxidation sites excluding steroid dienone is 7. The summed E-state index contributed by atoms with van der Waals surface area (Å²) in [5.74, 6) is 0.532. The van der Waals surface area contributed by atoms with E-state index in [1.54, 1.807) is 0 Å². The van der Waals surface area contributed by atoms with Gasteiger partial charge >= 0.3 is 0 Å². The second kappa shape index (κ2) is 4.70. The molecule has 0 heterocycles. The van der Waals surface area contributed by atoms with Crippen LogP contribution in [0.25, 0.3) is 11.6 Å². The highest BCUT2D eigenvalue weighted by Gasteiger charge is 2.22. The van der Waals surface area contributed by atoms with E-state index in [0.717, 1.165) is 6.42 Å². The maximum absolute atomic E-state index is 2.32. The number of hydrogen-bond donors (Lipinski definition) is 0. The third-order valence-corrected chi connectivity index (χ3v) is 4.05. The summed E-state index contributed by atoms with van der Waals surface area (Å²) in [4.78, 5) is 0. The minimum absolute atomic E-state index is 0.532. The third kappa shape index (κ3) is 2.02. The van der Waals surface area contributed by atoms with E-state index in [1.807, 2.05) is 0 Å². The lowest BCUT2D eigenvalue weighted by Crippen LogP contribution is -1.92. The third-order valence-electron chi connectivity index (χ3n) is 4.05. The van der Waals surface area contributed by atoms with Crippen molar-refractivity contribution < 1.29 is 0 Å². The van der Waals surface area contributed by atoms with Gasteiger partial charge in [-0.15, -0.1) is 0 Å². The van der Waals surface area contributed by atoms with Crippen molar-refractivity contribution in [2.24, 2.45) is 5.92 Å². The molecule has 19 heavy (non-hydrogen) atoms. The summed E-state index contributed by atoms with van der Waals surface area (Å²) in [6.45, 7) is 6.53. The van der Waals surface area contributed by atoms with Gasteiger partial charge in [-0.3, -0.25) is 0 Å². The predicted octanol–water partition coefficient (Wildman–Crippen LogP) is 5.10. The Balaban J connectivity index is 2.22. The van der Waals surface area contributed by atoms with Crippen molar-refractivity contribution in [1.82, 2.24) is 0 Å².